The molecule has 0 aliphatic carbocycles. The number of nitrogens with two attached hydrogens (primary N) is 1. The van der Waals surface area contributed by atoms with Gasteiger partial charge in [0.2, 0.25) is 11.9 Å². The maximum Gasteiger partial charge on any atom is 0.390 e. The van der Waals surface area contributed by atoms with Crippen LogP contribution in [0.3, 0.4) is 0 Å². The van der Waals surface area contributed by atoms with Crippen LogP contribution in [0.1, 0.15) is 6.42 Å². The Kier molecular flexibility index (Phi) is 3.44. The molecule has 2 aromatic heterocycles. The maximum absolute atomic E-state index is 12.0. The van der Waals surface area contributed by atoms with Gasteiger partial charge < -0.3 is 11.1 Å². The third-order valence-corrected chi connectivity index (χ3v) is 1.96. The van der Waals surface area contributed by atoms with Crippen molar-refractivity contribution in [3.8, 4) is 5.95 Å². The van der Waals surface area contributed by atoms with E-state index in [1.807, 2.05) is 0 Å². The van der Waals surface area contributed by atoms with Crippen molar-refractivity contribution in [1.82, 2.24) is 29.7 Å². The summed E-state index contributed by atoms with van der Waals surface area (Å²) >= 11 is 0. The van der Waals surface area contributed by atoms with Gasteiger partial charge in [-0.2, -0.15) is 37.9 Å². The van der Waals surface area contributed by atoms with E-state index >= 15 is 0 Å². The first-order valence-corrected chi connectivity index (χ1v) is 5.11. The summed E-state index contributed by atoms with van der Waals surface area (Å²) in [4.78, 5) is 15.0. The largest absolute Gasteiger partial charge is 0.390 e. The Morgan fingerprint density at radius 1 is 1.26 bits per heavy atom. The SMILES string of the molecule is Nc1nc(NCCC(F)(F)F)nc(-n2cncn2)n1. The summed E-state index contributed by atoms with van der Waals surface area (Å²) in [6, 6.07) is 0. The number of nitrogen functional groups attached to an aromatic ring is 1. The second kappa shape index (κ2) is 5.04. The highest BCUT2D eigenvalue weighted by molar-refractivity contribution is 5.34. The minimum atomic E-state index is -4.25. The van der Waals surface area contributed by atoms with Crippen LogP contribution < -0.4 is 11.1 Å². The molecule has 0 amide bonds. The van der Waals surface area contributed by atoms with Gasteiger partial charge in [-0.05, 0) is 0 Å². The predicted molar refractivity (Wildman–Crippen MR) is 58.3 cm³/mol. The zero-order valence-corrected chi connectivity index (χ0v) is 9.46. The lowest BCUT2D eigenvalue weighted by atomic mass is 10.4. The molecule has 0 saturated carbocycles. The summed E-state index contributed by atoms with van der Waals surface area (Å²) < 4.78 is 37.2. The highest BCUT2D eigenvalue weighted by Gasteiger charge is 2.26. The third kappa shape index (κ3) is 3.76. The molecular weight excluding hydrogens is 265 g/mol. The Labute approximate surface area is 104 Å². The van der Waals surface area contributed by atoms with Crippen LogP contribution in [0.2, 0.25) is 0 Å². The molecule has 8 nitrogen and oxygen atoms in total. The third-order valence-electron chi connectivity index (χ3n) is 1.96. The van der Waals surface area contributed by atoms with Crippen molar-refractivity contribution in [2.24, 2.45) is 0 Å². The van der Waals surface area contributed by atoms with Crippen molar-refractivity contribution in [2.45, 2.75) is 12.6 Å². The van der Waals surface area contributed by atoms with Crippen LogP contribution in [-0.4, -0.2) is 42.4 Å². The summed E-state index contributed by atoms with van der Waals surface area (Å²) in [5.74, 6) is -0.114. The lowest BCUT2D eigenvalue weighted by molar-refractivity contribution is -0.131. The Morgan fingerprint density at radius 2 is 2.05 bits per heavy atom. The molecular formula is C8H9F3N8. The lowest BCUT2D eigenvalue weighted by Crippen LogP contribution is -2.17. The average molecular weight is 274 g/mol. The molecule has 19 heavy (non-hydrogen) atoms. The van der Waals surface area contributed by atoms with Gasteiger partial charge in [0.1, 0.15) is 12.7 Å². The highest BCUT2D eigenvalue weighted by atomic mass is 19.4. The van der Waals surface area contributed by atoms with E-state index in [0.29, 0.717) is 0 Å². The van der Waals surface area contributed by atoms with E-state index in [0.717, 1.165) is 0 Å². The van der Waals surface area contributed by atoms with Gasteiger partial charge in [0, 0.05) is 6.54 Å². The molecule has 0 aromatic carbocycles. The standard InChI is InChI=1S/C8H9F3N8/c9-8(10,11)1-2-14-6-16-5(12)17-7(18-6)19-4-13-3-15-19/h3-4H,1-2H2,(H3,12,14,16,17,18). The van der Waals surface area contributed by atoms with Crippen LogP contribution >= 0.6 is 0 Å². The van der Waals surface area contributed by atoms with E-state index in [9.17, 15) is 13.2 Å². The Balaban J connectivity index is 2.09. The summed E-state index contributed by atoms with van der Waals surface area (Å²) in [7, 11) is 0. The van der Waals surface area contributed by atoms with Crippen molar-refractivity contribution in [3.63, 3.8) is 0 Å². The Bertz CT molecular complexity index is 537. The molecule has 0 radical (unpaired) electrons. The first-order chi connectivity index (χ1) is 8.94. The number of nitrogens with one attached hydrogen (secondary N) is 1. The van der Waals surface area contributed by atoms with Crippen molar-refractivity contribution in [3.05, 3.63) is 12.7 Å². The maximum atomic E-state index is 12.0. The summed E-state index contributed by atoms with van der Waals surface area (Å²) in [6.07, 6.45) is -2.66. The van der Waals surface area contributed by atoms with Gasteiger partial charge in [0.25, 0.3) is 5.95 Å². The van der Waals surface area contributed by atoms with Crippen LogP contribution in [0.5, 0.6) is 0 Å². The summed E-state index contributed by atoms with van der Waals surface area (Å²) in [5.41, 5.74) is 5.44. The monoisotopic (exact) mass is 274 g/mol. The number of hydrogen-bond donors (Lipinski definition) is 2. The van der Waals surface area contributed by atoms with Crippen molar-refractivity contribution in [1.29, 1.82) is 0 Å². The number of rotatable bonds is 4. The van der Waals surface area contributed by atoms with Gasteiger partial charge in [-0.1, -0.05) is 0 Å². The van der Waals surface area contributed by atoms with E-state index < -0.39 is 12.6 Å². The smallest absolute Gasteiger partial charge is 0.368 e. The number of hydrogen-bond acceptors (Lipinski definition) is 7. The van der Waals surface area contributed by atoms with Gasteiger partial charge in [0.05, 0.1) is 6.42 Å². The molecule has 0 aliphatic rings. The average Bonchev–Trinajstić information content (AvgIpc) is 2.79. The van der Waals surface area contributed by atoms with Crippen molar-refractivity contribution < 1.29 is 13.2 Å². The minimum absolute atomic E-state index is 0.0535. The first kappa shape index (κ1) is 13.0. The second-order valence-corrected chi connectivity index (χ2v) is 3.45. The predicted octanol–water partition coefficient (Wildman–Crippen LogP) is 0.399. The van der Waals surface area contributed by atoms with Crippen LogP contribution in [-0.2, 0) is 0 Å². The fourth-order valence-corrected chi connectivity index (χ4v) is 1.19. The second-order valence-electron chi connectivity index (χ2n) is 3.45. The molecule has 0 saturated heterocycles. The summed E-state index contributed by atoms with van der Waals surface area (Å²) in [6.45, 7) is -0.357. The molecule has 2 aromatic rings. The zero-order chi connectivity index (χ0) is 13.9. The number of aromatic nitrogens is 6. The van der Waals surface area contributed by atoms with E-state index in [-0.39, 0.29) is 24.4 Å². The highest BCUT2D eigenvalue weighted by Crippen LogP contribution is 2.19. The molecule has 0 fully saturated rings. The molecule has 0 bridgehead atoms. The van der Waals surface area contributed by atoms with Gasteiger partial charge >= 0.3 is 6.18 Å². The van der Waals surface area contributed by atoms with Crippen molar-refractivity contribution in [2.75, 3.05) is 17.6 Å². The number of anilines is 2. The van der Waals surface area contributed by atoms with Crippen molar-refractivity contribution >= 4 is 11.9 Å². The Morgan fingerprint density at radius 3 is 2.68 bits per heavy atom. The molecule has 0 unspecified atom stereocenters. The van der Waals surface area contributed by atoms with Crippen LogP contribution in [0.4, 0.5) is 25.1 Å². The van der Waals surface area contributed by atoms with Crippen LogP contribution in [0.25, 0.3) is 5.95 Å². The normalized spacial score (nSPS) is 11.5. The van der Waals surface area contributed by atoms with Gasteiger partial charge in [-0.25, -0.2) is 4.98 Å². The quantitative estimate of drug-likeness (QED) is 0.830. The first-order valence-electron chi connectivity index (χ1n) is 5.11. The molecule has 0 atom stereocenters. The van der Waals surface area contributed by atoms with E-state index in [1.54, 1.807) is 0 Å². The van der Waals surface area contributed by atoms with Gasteiger partial charge in [0.15, 0.2) is 0 Å². The zero-order valence-electron chi connectivity index (χ0n) is 9.46. The summed E-state index contributed by atoms with van der Waals surface area (Å²) in [5, 5.41) is 6.20. The molecule has 0 spiro atoms. The molecule has 2 rings (SSSR count). The fraction of sp³-hybridized carbons (Fsp3) is 0.375. The number of halogens is 3. The fourth-order valence-electron chi connectivity index (χ4n) is 1.19. The molecule has 2 heterocycles. The molecule has 3 N–H and O–H groups in total. The van der Waals surface area contributed by atoms with Crippen LogP contribution in [0, 0.1) is 0 Å². The minimum Gasteiger partial charge on any atom is -0.368 e. The van der Waals surface area contributed by atoms with Gasteiger partial charge in [-0.3, -0.25) is 0 Å². The number of alkyl halides is 3. The number of nitrogens with zero attached hydrogens (tertiary/aromatic N) is 6. The molecule has 11 heteroatoms. The van der Waals surface area contributed by atoms with E-state index in [1.165, 1.54) is 17.3 Å². The van der Waals surface area contributed by atoms with E-state index in [2.05, 4.69) is 30.4 Å². The molecule has 102 valence electrons. The van der Waals surface area contributed by atoms with Gasteiger partial charge in [-0.15, -0.1) is 0 Å². The lowest BCUT2D eigenvalue weighted by Gasteiger charge is -2.08. The van der Waals surface area contributed by atoms with Crippen LogP contribution in [0.15, 0.2) is 12.7 Å². The topological polar surface area (TPSA) is 107 Å². The Hall–Kier alpha value is -2.46. The molecule has 0 aliphatic heterocycles. The van der Waals surface area contributed by atoms with E-state index in [4.69, 9.17) is 5.73 Å².